The molecule has 0 amide bonds. The van der Waals surface area contributed by atoms with Crippen molar-refractivity contribution in [3.63, 3.8) is 0 Å². The van der Waals surface area contributed by atoms with Crippen molar-refractivity contribution in [3.05, 3.63) is 35.6 Å². The molecule has 0 fully saturated rings. The van der Waals surface area contributed by atoms with E-state index in [1.165, 1.54) is 6.07 Å². The van der Waals surface area contributed by atoms with E-state index in [-0.39, 0.29) is 18.8 Å². The fraction of sp³-hybridized carbons (Fsp3) is 0.500. The lowest BCUT2D eigenvalue weighted by Crippen LogP contribution is -2.40. The van der Waals surface area contributed by atoms with E-state index < -0.39 is 5.60 Å². The van der Waals surface area contributed by atoms with Crippen molar-refractivity contribution in [3.8, 4) is 0 Å². The molecule has 0 aliphatic rings. The number of hydrogen-bond donors (Lipinski definition) is 2. The maximum atomic E-state index is 13.3. The predicted molar refractivity (Wildman–Crippen MR) is 59.0 cm³/mol. The van der Waals surface area contributed by atoms with Crippen LogP contribution in [0, 0.1) is 5.82 Å². The third-order valence-electron chi connectivity index (χ3n) is 2.57. The van der Waals surface area contributed by atoms with Crippen LogP contribution in [0.3, 0.4) is 0 Å². The van der Waals surface area contributed by atoms with Gasteiger partial charge in [-0.3, -0.25) is 0 Å². The smallest absolute Gasteiger partial charge is 0.126 e. The standard InChI is InChI=1S/C12H18FNO/c1-2-7-12(15,9-14)8-10-5-3-4-6-11(10)13/h3-6,15H,2,7-9,14H2,1H3. The van der Waals surface area contributed by atoms with Crippen LogP contribution in [0.15, 0.2) is 24.3 Å². The molecule has 0 aliphatic carbocycles. The van der Waals surface area contributed by atoms with Gasteiger partial charge in [0.15, 0.2) is 0 Å². The van der Waals surface area contributed by atoms with E-state index >= 15 is 0 Å². The summed E-state index contributed by atoms with van der Waals surface area (Å²) in [5.41, 5.74) is 5.07. The molecule has 2 nitrogen and oxygen atoms in total. The lowest BCUT2D eigenvalue weighted by Gasteiger charge is -2.26. The monoisotopic (exact) mass is 211 g/mol. The van der Waals surface area contributed by atoms with Gasteiger partial charge in [0.1, 0.15) is 5.82 Å². The molecule has 0 aromatic heterocycles. The minimum Gasteiger partial charge on any atom is -0.388 e. The fourth-order valence-corrected chi connectivity index (χ4v) is 1.72. The largest absolute Gasteiger partial charge is 0.388 e. The molecule has 0 radical (unpaired) electrons. The number of hydrogen-bond acceptors (Lipinski definition) is 2. The second-order valence-electron chi connectivity index (χ2n) is 3.95. The van der Waals surface area contributed by atoms with Crippen LogP contribution in [0.5, 0.6) is 0 Å². The second-order valence-corrected chi connectivity index (χ2v) is 3.95. The van der Waals surface area contributed by atoms with Crippen LogP contribution in [0.4, 0.5) is 4.39 Å². The number of rotatable bonds is 5. The molecular weight excluding hydrogens is 193 g/mol. The first-order valence-electron chi connectivity index (χ1n) is 5.27. The molecule has 0 spiro atoms. The topological polar surface area (TPSA) is 46.2 Å². The zero-order valence-corrected chi connectivity index (χ0v) is 9.04. The maximum absolute atomic E-state index is 13.3. The van der Waals surface area contributed by atoms with E-state index in [9.17, 15) is 9.50 Å². The van der Waals surface area contributed by atoms with Crippen LogP contribution in [0.1, 0.15) is 25.3 Å². The van der Waals surface area contributed by atoms with Gasteiger partial charge >= 0.3 is 0 Å². The summed E-state index contributed by atoms with van der Waals surface area (Å²) in [6.07, 6.45) is 1.71. The van der Waals surface area contributed by atoms with Crippen LogP contribution >= 0.6 is 0 Å². The summed E-state index contributed by atoms with van der Waals surface area (Å²) >= 11 is 0. The van der Waals surface area contributed by atoms with Gasteiger partial charge in [0, 0.05) is 13.0 Å². The highest BCUT2D eigenvalue weighted by Crippen LogP contribution is 2.19. The van der Waals surface area contributed by atoms with Gasteiger partial charge in [0.05, 0.1) is 5.60 Å². The Morgan fingerprint density at radius 1 is 1.40 bits per heavy atom. The SMILES string of the molecule is CCCC(O)(CN)Cc1ccccc1F. The molecule has 84 valence electrons. The predicted octanol–water partition coefficient (Wildman–Crippen LogP) is 1.86. The summed E-state index contributed by atoms with van der Waals surface area (Å²) < 4.78 is 13.3. The Balaban J connectivity index is 2.79. The van der Waals surface area contributed by atoms with Crippen LogP contribution < -0.4 is 5.73 Å². The summed E-state index contributed by atoms with van der Waals surface area (Å²) in [7, 11) is 0. The third-order valence-corrected chi connectivity index (χ3v) is 2.57. The van der Waals surface area contributed by atoms with Gasteiger partial charge in [-0.25, -0.2) is 4.39 Å². The third kappa shape index (κ3) is 3.29. The minimum absolute atomic E-state index is 0.162. The van der Waals surface area contributed by atoms with E-state index in [0.717, 1.165) is 6.42 Å². The molecule has 3 N–H and O–H groups in total. The molecule has 0 saturated heterocycles. The Bertz CT molecular complexity index is 316. The highest BCUT2D eigenvalue weighted by atomic mass is 19.1. The Hall–Kier alpha value is -0.930. The molecule has 0 saturated carbocycles. The molecule has 1 aromatic rings. The van der Waals surface area contributed by atoms with Crippen molar-refractivity contribution in [2.45, 2.75) is 31.8 Å². The first kappa shape index (κ1) is 12.1. The molecule has 1 aromatic carbocycles. The highest BCUT2D eigenvalue weighted by molar-refractivity contribution is 5.19. The van der Waals surface area contributed by atoms with Gasteiger partial charge in [-0.2, -0.15) is 0 Å². The van der Waals surface area contributed by atoms with Crippen molar-refractivity contribution >= 4 is 0 Å². The Kier molecular flexibility index (Phi) is 4.24. The van der Waals surface area contributed by atoms with E-state index in [2.05, 4.69) is 0 Å². The molecule has 1 atom stereocenters. The number of halogens is 1. The Labute approximate surface area is 89.9 Å². The molecule has 15 heavy (non-hydrogen) atoms. The molecule has 1 rings (SSSR count). The summed E-state index contributed by atoms with van der Waals surface area (Å²) in [5, 5.41) is 10.1. The van der Waals surface area contributed by atoms with Crippen molar-refractivity contribution < 1.29 is 9.50 Å². The zero-order valence-electron chi connectivity index (χ0n) is 9.04. The van der Waals surface area contributed by atoms with Gasteiger partial charge in [0.25, 0.3) is 0 Å². The van der Waals surface area contributed by atoms with E-state index in [0.29, 0.717) is 12.0 Å². The van der Waals surface area contributed by atoms with Gasteiger partial charge < -0.3 is 10.8 Å². The van der Waals surface area contributed by atoms with E-state index in [1.807, 2.05) is 6.92 Å². The van der Waals surface area contributed by atoms with Gasteiger partial charge in [-0.05, 0) is 18.1 Å². The van der Waals surface area contributed by atoms with Crippen LogP contribution in [-0.2, 0) is 6.42 Å². The number of nitrogens with two attached hydrogens (primary N) is 1. The molecule has 0 heterocycles. The lowest BCUT2D eigenvalue weighted by atomic mass is 9.90. The molecule has 3 heteroatoms. The van der Waals surface area contributed by atoms with Crippen molar-refractivity contribution in [1.29, 1.82) is 0 Å². The zero-order chi connectivity index (χ0) is 11.3. The van der Waals surface area contributed by atoms with Gasteiger partial charge in [-0.15, -0.1) is 0 Å². The van der Waals surface area contributed by atoms with Crippen molar-refractivity contribution in [2.24, 2.45) is 5.73 Å². The number of aliphatic hydroxyl groups is 1. The van der Waals surface area contributed by atoms with Gasteiger partial charge in [-0.1, -0.05) is 31.5 Å². The minimum atomic E-state index is -0.975. The molecular formula is C12H18FNO. The van der Waals surface area contributed by atoms with Crippen molar-refractivity contribution in [1.82, 2.24) is 0 Å². The lowest BCUT2D eigenvalue weighted by molar-refractivity contribution is 0.0391. The van der Waals surface area contributed by atoms with E-state index in [1.54, 1.807) is 18.2 Å². The number of benzene rings is 1. The van der Waals surface area contributed by atoms with Gasteiger partial charge in [0.2, 0.25) is 0 Å². The van der Waals surface area contributed by atoms with E-state index in [4.69, 9.17) is 5.73 Å². The normalized spacial score (nSPS) is 14.9. The summed E-state index contributed by atoms with van der Waals surface area (Å²) in [6, 6.07) is 6.49. The Morgan fingerprint density at radius 3 is 2.60 bits per heavy atom. The summed E-state index contributed by atoms with van der Waals surface area (Å²) in [5.74, 6) is -0.277. The quantitative estimate of drug-likeness (QED) is 0.781. The average Bonchev–Trinajstić information content (AvgIpc) is 2.22. The Morgan fingerprint density at radius 2 is 2.07 bits per heavy atom. The van der Waals surface area contributed by atoms with Crippen LogP contribution in [-0.4, -0.2) is 17.3 Å². The van der Waals surface area contributed by atoms with Crippen LogP contribution in [0.25, 0.3) is 0 Å². The maximum Gasteiger partial charge on any atom is 0.126 e. The second kappa shape index (κ2) is 5.24. The summed E-state index contributed by atoms with van der Waals surface area (Å²) in [6.45, 7) is 2.14. The average molecular weight is 211 g/mol. The molecule has 1 unspecified atom stereocenters. The first-order chi connectivity index (χ1) is 7.11. The highest BCUT2D eigenvalue weighted by Gasteiger charge is 2.25. The first-order valence-corrected chi connectivity index (χ1v) is 5.27. The molecule has 0 aliphatic heterocycles. The fourth-order valence-electron chi connectivity index (χ4n) is 1.72. The molecule has 0 bridgehead atoms. The summed E-state index contributed by atoms with van der Waals surface area (Å²) in [4.78, 5) is 0. The van der Waals surface area contributed by atoms with Crippen molar-refractivity contribution in [2.75, 3.05) is 6.54 Å². The van der Waals surface area contributed by atoms with Crippen LogP contribution in [0.2, 0.25) is 0 Å².